The van der Waals surface area contributed by atoms with Gasteiger partial charge in [-0.3, -0.25) is 9.59 Å². The summed E-state index contributed by atoms with van der Waals surface area (Å²) in [4.78, 5) is 25.2. The largest absolute Gasteiger partial charge is 0.360 e. The molecule has 1 aliphatic rings. The lowest BCUT2D eigenvalue weighted by Gasteiger charge is -2.14. The van der Waals surface area contributed by atoms with Crippen molar-refractivity contribution < 1.29 is 18.5 Å². The highest BCUT2D eigenvalue weighted by Gasteiger charge is 2.30. The molecule has 2 amide bonds. The highest BCUT2D eigenvalue weighted by atomic mass is 35.5. The van der Waals surface area contributed by atoms with E-state index < -0.39 is 5.82 Å². The van der Waals surface area contributed by atoms with Crippen LogP contribution in [0.1, 0.15) is 52.2 Å². The smallest absolute Gasteiger partial charge is 0.257 e. The Labute approximate surface area is 196 Å². The fourth-order valence-electron chi connectivity index (χ4n) is 4.34. The first kappa shape index (κ1) is 23.0. The normalized spacial score (nSPS) is 17.7. The topological polar surface area (TPSA) is 84.2 Å². The van der Waals surface area contributed by atoms with Gasteiger partial charge in [0.2, 0.25) is 0 Å². The molecule has 1 fully saturated rings. The van der Waals surface area contributed by atoms with Crippen LogP contribution >= 0.6 is 11.6 Å². The van der Waals surface area contributed by atoms with E-state index in [2.05, 4.69) is 15.8 Å². The Morgan fingerprint density at radius 2 is 1.91 bits per heavy atom. The number of halogens is 2. The highest BCUT2D eigenvalue weighted by molar-refractivity contribution is 6.33. The van der Waals surface area contributed by atoms with Crippen molar-refractivity contribution in [3.05, 3.63) is 76.3 Å². The second-order valence-corrected chi connectivity index (χ2v) is 8.73. The minimum Gasteiger partial charge on any atom is -0.360 e. The second kappa shape index (κ2) is 10.2. The number of benzene rings is 2. The third-order valence-corrected chi connectivity index (χ3v) is 6.35. The summed E-state index contributed by atoms with van der Waals surface area (Å²) >= 11 is 6.17. The molecule has 1 saturated carbocycles. The van der Waals surface area contributed by atoms with Crippen LogP contribution in [0.4, 0.5) is 4.39 Å². The summed E-state index contributed by atoms with van der Waals surface area (Å²) in [6.07, 6.45) is 3.45. The van der Waals surface area contributed by atoms with Crippen molar-refractivity contribution >= 4 is 23.4 Å². The summed E-state index contributed by atoms with van der Waals surface area (Å²) in [6, 6.07) is 13.4. The minimum absolute atomic E-state index is 0.00873. The quantitative estimate of drug-likeness (QED) is 0.500. The molecule has 1 heterocycles. The number of aryl methyl sites for hydroxylation is 1. The van der Waals surface area contributed by atoms with Gasteiger partial charge in [-0.25, -0.2) is 4.39 Å². The predicted octanol–water partition coefficient (Wildman–Crippen LogP) is 5.16. The van der Waals surface area contributed by atoms with E-state index in [1.54, 1.807) is 25.1 Å². The maximum atomic E-state index is 14.4. The lowest BCUT2D eigenvalue weighted by Crippen LogP contribution is -2.33. The fourth-order valence-corrected chi connectivity index (χ4v) is 4.59. The third-order valence-electron chi connectivity index (χ3n) is 6.04. The number of hydrogen-bond acceptors (Lipinski definition) is 4. The van der Waals surface area contributed by atoms with E-state index in [1.807, 2.05) is 18.2 Å². The minimum atomic E-state index is -0.566. The van der Waals surface area contributed by atoms with E-state index in [9.17, 15) is 14.0 Å². The lowest BCUT2D eigenvalue weighted by molar-refractivity contribution is 0.0934. The molecule has 33 heavy (non-hydrogen) atoms. The predicted molar refractivity (Wildman–Crippen MR) is 124 cm³/mol. The first-order valence-corrected chi connectivity index (χ1v) is 11.4. The van der Waals surface area contributed by atoms with E-state index in [0.29, 0.717) is 23.8 Å². The summed E-state index contributed by atoms with van der Waals surface area (Å²) in [5.41, 5.74) is 0.996. The van der Waals surface area contributed by atoms with E-state index >= 15 is 0 Å². The monoisotopic (exact) mass is 469 g/mol. The summed E-state index contributed by atoms with van der Waals surface area (Å²) in [5.74, 6) is -0.300. The van der Waals surface area contributed by atoms with Crippen molar-refractivity contribution in [2.45, 2.75) is 38.6 Å². The molecular weight excluding hydrogens is 445 g/mol. The molecule has 172 valence electrons. The van der Waals surface area contributed by atoms with Crippen molar-refractivity contribution in [1.82, 2.24) is 15.8 Å². The standard InChI is InChI=1S/C25H25ClFN3O3/c1-15-21(23(30-33-15)22-19(26)8-5-9-20(22)27)25(32)29-18-11-10-16(14-18)12-13-28-24(31)17-6-3-2-4-7-17/h2-9,16,18H,10-14H2,1H3,(H,28,31)(H,29,32)/t16-,18-/m0/s1. The molecule has 2 N–H and O–H groups in total. The van der Waals surface area contributed by atoms with Crippen LogP contribution in [0.25, 0.3) is 11.3 Å². The van der Waals surface area contributed by atoms with Crippen LogP contribution in [0.2, 0.25) is 5.02 Å². The zero-order valence-electron chi connectivity index (χ0n) is 18.2. The molecule has 0 saturated heterocycles. The van der Waals surface area contributed by atoms with Gasteiger partial charge >= 0.3 is 0 Å². The molecule has 2 atom stereocenters. The van der Waals surface area contributed by atoms with Crippen LogP contribution in [-0.2, 0) is 0 Å². The van der Waals surface area contributed by atoms with E-state index in [-0.39, 0.29) is 39.7 Å². The number of nitrogens with zero attached hydrogens (tertiary/aromatic N) is 1. The van der Waals surface area contributed by atoms with Gasteiger partial charge in [0.1, 0.15) is 22.8 Å². The summed E-state index contributed by atoms with van der Waals surface area (Å²) in [7, 11) is 0. The highest BCUT2D eigenvalue weighted by Crippen LogP contribution is 2.34. The Bertz CT molecular complexity index is 1130. The van der Waals surface area contributed by atoms with E-state index in [0.717, 1.165) is 25.7 Å². The molecule has 0 unspecified atom stereocenters. The Hall–Kier alpha value is -3.19. The first-order valence-electron chi connectivity index (χ1n) is 11.0. The SMILES string of the molecule is Cc1onc(-c2c(F)cccc2Cl)c1C(=O)N[C@H]1CC[C@@H](CCNC(=O)c2ccccc2)C1. The molecule has 1 aliphatic carbocycles. The Balaban J connectivity index is 1.33. The number of carbonyl (C=O) groups excluding carboxylic acids is 2. The molecule has 6 nitrogen and oxygen atoms in total. The average Bonchev–Trinajstić information content (AvgIpc) is 3.40. The average molecular weight is 470 g/mol. The van der Waals surface area contributed by atoms with Gasteiger partial charge in [-0.15, -0.1) is 0 Å². The van der Waals surface area contributed by atoms with Crippen molar-refractivity contribution in [3.8, 4) is 11.3 Å². The summed E-state index contributed by atoms with van der Waals surface area (Å²) in [6.45, 7) is 2.20. The van der Waals surface area contributed by atoms with Gasteiger partial charge < -0.3 is 15.2 Å². The van der Waals surface area contributed by atoms with E-state index in [4.69, 9.17) is 16.1 Å². The molecule has 0 bridgehead atoms. The maximum absolute atomic E-state index is 14.4. The first-order chi connectivity index (χ1) is 15.9. The zero-order chi connectivity index (χ0) is 23.4. The Morgan fingerprint density at radius 1 is 1.12 bits per heavy atom. The van der Waals surface area contributed by atoms with Gasteiger partial charge in [0, 0.05) is 18.2 Å². The van der Waals surface area contributed by atoms with Gasteiger partial charge in [0.15, 0.2) is 0 Å². The molecule has 8 heteroatoms. The zero-order valence-corrected chi connectivity index (χ0v) is 19.0. The number of amides is 2. The van der Waals surface area contributed by atoms with Crippen molar-refractivity contribution in [2.24, 2.45) is 5.92 Å². The number of rotatable bonds is 7. The molecule has 1 aromatic heterocycles. The number of hydrogen-bond donors (Lipinski definition) is 2. The van der Waals surface area contributed by atoms with Gasteiger partial charge in [0.25, 0.3) is 11.8 Å². The Kier molecular flexibility index (Phi) is 7.08. The molecular formula is C25H25ClFN3O3. The molecule has 2 aromatic carbocycles. The van der Waals surface area contributed by atoms with Crippen molar-refractivity contribution in [3.63, 3.8) is 0 Å². The van der Waals surface area contributed by atoms with Crippen LogP contribution < -0.4 is 10.6 Å². The van der Waals surface area contributed by atoms with Crippen LogP contribution in [0.3, 0.4) is 0 Å². The fraction of sp³-hybridized carbons (Fsp3) is 0.320. The van der Waals surface area contributed by atoms with Crippen LogP contribution in [0, 0.1) is 18.7 Å². The molecule has 4 rings (SSSR count). The number of aromatic nitrogens is 1. The van der Waals surface area contributed by atoms with Crippen LogP contribution in [-0.4, -0.2) is 29.6 Å². The summed E-state index contributed by atoms with van der Waals surface area (Å²) in [5, 5.41) is 10.0. The van der Waals surface area contributed by atoms with Crippen molar-refractivity contribution in [2.75, 3.05) is 6.54 Å². The molecule has 0 spiro atoms. The lowest BCUT2D eigenvalue weighted by atomic mass is 10.0. The number of nitrogens with one attached hydrogen (secondary N) is 2. The third kappa shape index (κ3) is 5.25. The molecule has 0 radical (unpaired) electrons. The van der Waals surface area contributed by atoms with E-state index in [1.165, 1.54) is 12.1 Å². The van der Waals surface area contributed by atoms with Crippen molar-refractivity contribution in [1.29, 1.82) is 0 Å². The molecule has 3 aromatic rings. The second-order valence-electron chi connectivity index (χ2n) is 8.32. The van der Waals surface area contributed by atoms with Gasteiger partial charge in [0.05, 0.1) is 10.6 Å². The van der Waals surface area contributed by atoms with Gasteiger partial charge in [-0.1, -0.05) is 41.0 Å². The molecule has 0 aliphatic heterocycles. The van der Waals surface area contributed by atoms with Gasteiger partial charge in [-0.05, 0) is 62.8 Å². The number of carbonyl (C=O) groups is 2. The maximum Gasteiger partial charge on any atom is 0.257 e. The van der Waals surface area contributed by atoms with Gasteiger partial charge in [-0.2, -0.15) is 0 Å². The van der Waals surface area contributed by atoms with Crippen LogP contribution in [0.15, 0.2) is 53.1 Å². The van der Waals surface area contributed by atoms with Crippen LogP contribution in [0.5, 0.6) is 0 Å². The summed E-state index contributed by atoms with van der Waals surface area (Å²) < 4.78 is 19.6. The Morgan fingerprint density at radius 3 is 2.67 bits per heavy atom.